The molecule has 1 aromatic rings. The third-order valence-electron chi connectivity index (χ3n) is 2.84. The minimum absolute atomic E-state index is 0.481. The van der Waals surface area contributed by atoms with Gasteiger partial charge in [0, 0.05) is 23.7 Å². The van der Waals surface area contributed by atoms with E-state index in [1.807, 2.05) is 45.9 Å². The van der Waals surface area contributed by atoms with Crippen LogP contribution in [0, 0.1) is 6.92 Å². The summed E-state index contributed by atoms with van der Waals surface area (Å²) < 4.78 is 0. The molecule has 110 valence electrons. The predicted molar refractivity (Wildman–Crippen MR) is 93.2 cm³/mol. The first-order valence-electron chi connectivity index (χ1n) is 6.68. The molecule has 0 saturated heterocycles. The van der Waals surface area contributed by atoms with E-state index in [-0.39, 0.29) is 0 Å². The highest BCUT2D eigenvalue weighted by Gasteiger charge is 2.07. The van der Waals surface area contributed by atoms with Gasteiger partial charge < -0.3 is 0 Å². The number of halogens is 1. The maximum absolute atomic E-state index is 5.88. The Labute approximate surface area is 131 Å². The van der Waals surface area contributed by atoms with Crippen LogP contribution in [0.15, 0.2) is 52.6 Å². The van der Waals surface area contributed by atoms with Gasteiger partial charge in [0.05, 0.1) is 0 Å². The van der Waals surface area contributed by atoms with Gasteiger partial charge in [-0.1, -0.05) is 30.3 Å². The Balaban J connectivity index is 3.01. The molecular formula is C17H20ClN3. The third-order valence-corrected chi connectivity index (χ3v) is 3.05. The first kappa shape index (κ1) is 17.1. The summed E-state index contributed by atoms with van der Waals surface area (Å²) in [6.45, 7) is 11.8. The SMILES string of the molecule is C=C(/C(C=NC(C)=N/C=C\C)=C/C)c1ccc(Cl)nc1C. The Bertz CT molecular complexity index is 637. The molecule has 0 amide bonds. The van der Waals surface area contributed by atoms with Crippen molar-refractivity contribution in [3.05, 3.63) is 59.0 Å². The number of amidine groups is 1. The van der Waals surface area contributed by atoms with Crippen LogP contribution in [-0.2, 0) is 0 Å². The number of hydrogen-bond donors (Lipinski definition) is 0. The molecule has 0 N–H and O–H groups in total. The number of aryl methyl sites for hydroxylation is 1. The minimum atomic E-state index is 0.481. The molecule has 0 unspecified atom stereocenters. The summed E-state index contributed by atoms with van der Waals surface area (Å²) in [4.78, 5) is 12.7. The molecule has 0 radical (unpaired) electrons. The van der Waals surface area contributed by atoms with E-state index in [0.29, 0.717) is 11.0 Å². The lowest BCUT2D eigenvalue weighted by Crippen LogP contribution is -1.97. The van der Waals surface area contributed by atoms with Gasteiger partial charge in [-0.15, -0.1) is 0 Å². The van der Waals surface area contributed by atoms with Gasteiger partial charge in [0.25, 0.3) is 0 Å². The Kier molecular flexibility index (Phi) is 6.76. The predicted octanol–water partition coefficient (Wildman–Crippen LogP) is 5.03. The number of aliphatic imine (C=N–C) groups is 2. The smallest absolute Gasteiger partial charge is 0.129 e. The molecule has 0 aliphatic heterocycles. The van der Waals surface area contributed by atoms with E-state index in [9.17, 15) is 0 Å². The standard InChI is InChI=1S/C17H20ClN3/c1-6-10-19-14(5)20-11-15(7-2)12(3)16-8-9-17(18)21-13(16)4/h6-11H,3H2,1-2,4-5H3/b10-6-,15-7+,19-14?,20-11?. The van der Waals surface area contributed by atoms with E-state index in [1.54, 1.807) is 18.5 Å². The average Bonchev–Trinajstić information content (AvgIpc) is 2.45. The zero-order valence-corrected chi connectivity index (χ0v) is 13.6. The van der Waals surface area contributed by atoms with Crippen LogP contribution in [0.5, 0.6) is 0 Å². The van der Waals surface area contributed by atoms with E-state index in [4.69, 9.17) is 11.6 Å². The van der Waals surface area contributed by atoms with Gasteiger partial charge in [-0.3, -0.25) is 0 Å². The molecular weight excluding hydrogens is 282 g/mol. The first-order chi connectivity index (χ1) is 9.99. The van der Waals surface area contributed by atoms with Gasteiger partial charge in [0.2, 0.25) is 0 Å². The Morgan fingerprint density at radius 3 is 2.62 bits per heavy atom. The van der Waals surface area contributed by atoms with E-state index in [0.717, 1.165) is 22.4 Å². The zero-order chi connectivity index (χ0) is 15.8. The third kappa shape index (κ3) is 5.12. The van der Waals surface area contributed by atoms with Crippen LogP contribution in [0.1, 0.15) is 32.0 Å². The Morgan fingerprint density at radius 1 is 1.33 bits per heavy atom. The van der Waals surface area contributed by atoms with Gasteiger partial charge in [-0.05, 0) is 51.0 Å². The fourth-order valence-electron chi connectivity index (χ4n) is 1.71. The van der Waals surface area contributed by atoms with Crippen LogP contribution in [0.3, 0.4) is 0 Å². The van der Waals surface area contributed by atoms with Crippen molar-refractivity contribution < 1.29 is 0 Å². The number of allylic oxidation sites excluding steroid dienone is 4. The molecule has 0 aliphatic rings. The molecule has 3 nitrogen and oxygen atoms in total. The van der Waals surface area contributed by atoms with Gasteiger partial charge in [-0.25, -0.2) is 15.0 Å². The van der Waals surface area contributed by atoms with Crippen molar-refractivity contribution in [3.8, 4) is 0 Å². The van der Waals surface area contributed by atoms with E-state index >= 15 is 0 Å². The van der Waals surface area contributed by atoms with E-state index in [2.05, 4.69) is 21.5 Å². The fraction of sp³-hybridized carbons (Fsp3) is 0.235. The normalized spacial score (nSPS) is 13.4. The van der Waals surface area contributed by atoms with Crippen molar-refractivity contribution in [2.45, 2.75) is 27.7 Å². The summed E-state index contributed by atoms with van der Waals surface area (Å²) in [5.41, 5.74) is 3.60. The van der Waals surface area contributed by atoms with Crippen LogP contribution in [0.4, 0.5) is 0 Å². The minimum Gasteiger partial charge on any atom is -0.242 e. The monoisotopic (exact) mass is 301 g/mol. The van der Waals surface area contributed by atoms with E-state index < -0.39 is 0 Å². The molecule has 0 spiro atoms. The second-order valence-electron chi connectivity index (χ2n) is 4.41. The second kappa shape index (κ2) is 8.32. The highest BCUT2D eigenvalue weighted by molar-refractivity contribution is 6.29. The molecule has 0 fully saturated rings. The largest absolute Gasteiger partial charge is 0.242 e. The Hall–Kier alpha value is -2.00. The topological polar surface area (TPSA) is 37.6 Å². The van der Waals surface area contributed by atoms with Gasteiger partial charge >= 0.3 is 0 Å². The number of aromatic nitrogens is 1. The zero-order valence-electron chi connectivity index (χ0n) is 12.9. The highest BCUT2D eigenvalue weighted by Crippen LogP contribution is 2.23. The maximum atomic E-state index is 5.88. The van der Waals surface area contributed by atoms with Crippen molar-refractivity contribution in [3.63, 3.8) is 0 Å². The molecule has 0 aromatic carbocycles. The van der Waals surface area contributed by atoms with Gasteiger partial charge in [-0.2, -0.15) is 0 Å². The lowest BCUT2D eigenvalue weighted by molar-refractivity contribution is 1.18. The summed E-state index contributed by atoms with van der Waals surface area (Å²) in [6.07, 6.45) is 7.29. The quantitative estimate of drug-likeness (QED) is 0.333. The van der Waals surface area contributed by atoms with Crippen molar-refractivity contribution >= 4 is 29.2 Å². The molecule has 0 aliphatic carbocycles. The molecule has 0 saturated carbocycles. The van der Waals surface area contributed by atoms with Crippen molar-refractivity contribution in [2.75, 3.05) is 0 Å². The van der Waals surface area contributed by atoms with Crippen LogP contribution >= 0.6 is 11.6 Å². The summed E-state index contributed by atoms with van der Waals surface area (Å²) in [5, 5.41) is 0.481. The van der Waals surface area contributed by atoms with Crippen molar-refractivity contribution in [2.24, 2.45) is 9.98 Å². The van der Waals surface area contributed by atoms with E-state index in [1.165, 1.54) is 0 Å². The Morgan fingerprint density at radius 2 is 2.05 bits per heavy atom. The molecule has 1 rings (SSSR count). The first-order valence-corrected chi connectivity index (χ1v) is 7.06. The molecule has 1 aromatic heterocycles. The summed E-state index contributed by atoms with van der Waals surface area (Å²) in [7, 11) is 0. The highest BCUT2D eigenvalue weighted by atomic mass is 35.5. The number of pyridine rings is 1. The average molecular weight is 302 g/mol. The van der Waals surface area contributed by atoms with Crippen LogP contribution in [0.2, 0.25) is 5.15 Å². The number of nitrogens with zero attached hydrogens (tertiary/aromatic N) is 3. The fourth-order valence-corrected chi connectivity index (χ4v) is 1.90. The summed E-state index contributed by atoms with van der Waals surface area (Å²) in [6, 6.07) is 3.68. The van der Waals surface area contributed by atoms with Crippen molar-refractivity contribution in [1.82, 2.24) is 4.98 Å². The molecule has 4 heteroatoms. The van der Waals surface area contributed by atoms with Crippen LogP contribution < -0.4 is 0 Å². The van der Waals surface area contributed by atoms with Crippen molar-refractivity contribution in [1.29, 1.82) is 0 Å². The number of hydrogen-bond acceptors (Lipinski definition) is 2. The molecule has 21 heavy (non-hydrogen) atoms. The van der Waals surface area contributed by atoms with Gasteiger partial charge in [0.1, 0.15) is 11.0 Å². The maximum Gasteiger partial charge on any atom is 0.129 e. The molecule has 1 heterocycles. The summed E-state index contributed by atoms with van der Waals surface area (Å²) >= 11 is 5.88. The molecule has 0 bridgehead atoms. The lowest BCUT2D eigenvalue weighted by atomic mass is 9.99. The number of rotatable bonds is 4. The lowest BCUT2D eigenvalue weighted by Gasteiger charge is -2.09. The van der Waals surface area contributed by atoms with Crippen LogP contribution in [-0.4, -0.2) is 17.0 Å². The second-order valence-corrected chi connectivity index (χ2v) is 4.79. The molecule has 0 atom stereocenters. The van der Waals surface area contributed by atoms with Crippen LogP contribution in [0.25, 0.3) is 5.57 Å². The summed E-state index contributed by atoms with van der Waals surface area (Å²) in [5.74, 6) is 0.686. The van der Waals surface area contributed by atoms with Gasteiger partial charge in [0.15, 0.2) is 0 Å².